The fourth-order valence-corrected chi connectivity index (χ4v) is 2.57. The molecule has 124 valence electrons. The van der Waals surface area contributed by atoms with E-state index in [1.54, 1.807) is 43.0 Å². The summed E-state index contributed by atoms with van der Waals surface area (Å²) in [6, 6.07) is 6.69. The lowest BCUT2D eigenvalue weighted by molar-refractivity contribution is -0.147. The normalized spacial score (nSPS) is 14.8. The summed E-state index contributed by atoms with van der Waals surface area (Å²) < 4.78 is 0. The Morgan fingerprint density at radius 1 is 1.09 bits per heavy atom. The lowest BCUT2D eigenvalue weighted by atomic mass is 10.2. The van der Waals surface area contributed by atoms with Crippen LogP contribution in [-0.2, 0) is 9.59 Å². The summed E-state index contributed by atoms with van der Waals surface area (Å²) in [7, 11) is 0. The molecule has 23 heavy (non-hydrogen) atoms. The lowest BCUT2D eigenvalue weighted by Crippen LogP contribution is -2.54. The highest BCUT2D eigenvalue weighted by Crippen LogP contribution is 2.14. The van der Waals surface area contributed by atoms with Crippen molar-refractivity contribution in [2.75, 3.05) is 26.2 Å². The molecule has 0 aromatic heterocycles. The van der Waals surface area contributed by atoms with Crippen molar-refractivity contribution >= 4 is 29.3 Å². The first-order valence-electron chi connectivity index (χ1n) is 7.53. The largest absolute Gasteiger partial charge is 0.346 e. The van der Waals surface area contributed by atoms with Gasteiger partial charge in [-0.15, -0.1) is 0 Å². The van der Waals surface area contributed by atoms with Crippen LogP contribution in [0.5, 0.6) is 0 Å². The fraction of sp³-hybridized carbons (Fsp3) is 0.438. The number of carbonyl (C=O) groups is 3. The highest BCUT2D eigenvalue weighted by Gasteiger charge is 2.28. The van der Waals surface area contributed by atoms with Crippen LogP contribution in [-0.4, -0.2) is 59.7 Å². The Bertz CT molecular complexity index is 610. The zero-order valence-electron chi connectivity index (χ0n) is 13.2. The van der Waals surface area contributed by atoms with Gasteiger partial charge in [0.05, 0.1) is 0 Å². The van der Waals surface area contributed by atoms with Crippen molar-refractivity contribution < 1.29 is 14.4 Å². The molecule has 3 amide bonds. The molecule has 1 aromatic carbocycles. The van der Waals surface area contributed by atoms with Gasteiger partial charge in [-0.1, -0.05) is 17.7 Å². The van der Waals surface area contributed by atoms with Gasteiger partial charge in [-0.2, -0.15) is 0 Å². The number of benzene rings is 1. The number of halogens is 1. The van der Waals surface area contributed by atoms with E-state index in [1.165, 1.54) is 4.90 Å². The summed E-state index contributed by atoms with van der Waals surface area (Å²) >= 11 is 5.90. The molecule has 1 fully saturated rings. The van der Waals surface area contributed by atoms with Gasteiger partial charge >= 0.3 is 11.8 Å². The molecular weight excluding hydrogens is 318 g/mol. The summed E-state index contributed by atoms with van der Waals surface area (Å²) in [6.45, 7) is 5.07. The summed E-state index contributed by atoms with van der Waals surface area (Å²) in [6.07, 6.45) is 0. The number of piperazine rings is 1. The van der Waals surface area contributed by atoms with Crippen LogP contribution >= 0.6 is 11.6 Å². The molecule has 0 bridgehead atoms. The molecule has 6 nitrogen and oxygen atoms in total. The van der Waals surface area contributed by atoms with Crippen LogP contribution in [0.15, 0.2) is 24.3 Å². The van der Waals surface area contributed by atoms with E-state index in [0.29, 0.717) is 36.8 Å². The molecule has 1 N–H and O–H groups in total. The zero-order valence-corrected chi connectivity index (χ0v) is 14.0. The van der Waals surface area contributed by atoms with Crippen molar-refractivity contribution in [3.05, 3.63) is 34.9 Å². The third-order valence-electron chi connectivity index (χ3n) is 3.54. The van der Waals surface area contributed by atoms with Gasteiger partial charge in [-0.25, -0.2) is 0 Å². The molecular formula is C16H20ClN3O3. The molecule has 1 aliphatic rings. The van der Waals surface area contributed by atoms with Crippen LogP contribution in [0, 0.1) is 0 Å². The van der Waals surface area contributed by atoms with E-state index in [-0.39, 0.29) is 11.9 Å². The zero-order chi connectivity index (χ0) is 17.0. The third-order valence-corrected chi connectivity index (χ3v) is 3.77. The van der Waals surface area contributed by atoms with Gasteiger partial charge in [0, 0.05) is 42.8 Å². The summed E-state index contributed by atoms with van der Waals surface area (Å²) in [5.41, 5.74) is 0.523. The predicted molar refractivity (Wildman–Crippen MR) is 87.2 cm³/mol. The molecule has 2 rings (SSSR count). The van der Waals surface area contributed by atoms with E-state index < -0.39 is 11.8 Å². The molecule has 1 heterocycles. The first-order valence-corrected chi connectivity index (χ1v) is 7.91. The minimum absolute atomic E-state index is 0.0860. The Morgan fingerprint density at radius 2 is 1.70 bits per heavy atom. The number of carbonyl (C=O) groups excluding carboxylic acids is 3. The van der Waals surface area contributed by atoms with Crippen molar-refractivity contribution in [3.8, 4) is 0 Å². The minimum atomic E-state index is -0.602. The van der Waals surface area contributed by atoms with E-state index in [0.717, 1.165) is 0 Å². The maximum Gasteiger partial charge on any atom is 0.312 e. The van der Waals surface area contributed by atoms with Crippen LogP contribution in [0.4, 0.5) is 0 Å². The van der Waals surface area contributed by atoms with E-state index in [1.807, 2.05) is 0 Å². The highest BCUT2D eigenvalue weighted by molar-refractivity contribution is 6.35. The second kappa shape index (κ2) is 7.46. The van der Waals surface area contributed by atoms with Gasteiger partial charge in [0.15, 0.2) is 0 Å². The van der Waals surface area contributed by atoms with Crippen molar-refractivity contribution in [2.45, 2.75) is 19.9 Å². The Labute approximate surface area is 140 Å². The molecule has 0 aliphatic carbocycles. The summed E-state index contributed by atoms with van der Waals surface area (Å²) in [5, 5.41) is 3.09. The average Bonchev–Trinajstić information content (AvgIpc) is 2.53. The van der Waals surface area contributed by atoms with Crippen molar-refractivity contribution in [3.63, 3.8) is 0 Å². The second-order valence-corrected chi connectivity index (χ2v) is 6.16. The lowest BCUT2D eigenvalue weighted by Gasteiger charge is -2.34. The van der Waals surface area contributed by atoms with Gasteiger partial charge < -0.3 is 15.1 Å². The van der Waals surface area contributed by atoms with Gasteiger partial charge in [0.25, 0.3) is 5.91 Å². The molecule has 1 aromatic rings. The molecule has 1 saturated heterocycles. The minimum Gasteiger partial charge on any atom is -0.346 e. The fourth-order valence-electron chi connectivity index (χ4n) is 2.38. The smallest absolute Gasteiger partial charge is 0.312 e. The van der Waals surface area contributed by atoms with Crippen LogP contribution < -0.4 is 5.32 Å². The quantitative estimate of drug-likeness (QED) is 0.823. The molecule has 0 spiro atoms. The van der Waals surface area contributed by atoms with E-state index in [9.17, 15) is 14.4 Å². The van der Waals surface area contributed by atoms with Crippen LogP contribution in [0.3, 0.4) is 0 Å². The number of nitrogens with zero attached hydrogens (tertiary/aromatic N) is 2. The van der Waals surface area contributed by atoms with Gasteiger partial charge in [-0.3, -0.25) is 14.4 Å². The Kier molecular flexibility index (Phi) is 5.60. The number of nitrogens with one attached hydrogen (secondary N) is 1. The number of amides is 3. The predicted octanol–water partition coefficient (Wildman–Crippen LogP) is 1.15. The van der Waals surface area contributed by atoms with Gasteiger partial charge in [0.1, 0.15) is 0 Å². The van der Waals surface area contributed by atoms with Crippen molar-refractivity contribution in [1.82, 2.24) is 15.1 Å². The second-order valence-electron chi connectivity index (χ2n) is 5.72. The van der Waals surface area contributed by atoms with E-state index in [4.69, 9.17) is 11.6 Å². The Hall–Kier alpha value is -2.08. The van der Waals surface area contributed by atoms with Crippen LogP contribution in [0.2, 0.25) is 5.02 Å². The SMILES string of the molecule is CC(C)NC(=O)C(=O)N1CCN(C(=O)c2cccc(Cl)c2)CC1. The Balaban J connectivity index is 1.92. The standard InChI is InChI=1S/C16H20ClN3O3/c1-11(2)18-14(21)16(23)20-8-6-19(7-9-20)15(22)12-4-3-5-13(17)10-12/h3-5,10-11H,6-9H2,1-2H3,(H,18,21). The Morgan fingerprint density at radius 3 is 2.26 bits per heavy atom. The van der Waals surface area contributed by atoms with Crippen molar-refractivity contribution in [1.29, 1.82) is 0 Å². The molecule has 1 aliphatic heterocycles. The first-order chi connectivity index (χ1) is 10.9. The van der Waals surface area contributed by atoms with Gasteiger partial charge in [0.2, 0.25) is 0 Å². The molecule has 7 heteroatoms. The monoisotopic (exact) mass is 337 g/mol. The third kappa shape index (κ3) is 4.45. The molecule has 0 unspecified atom stereocenters. The van der Waals surface area contributed by atoms with E-state index in [2.05, 4.69) is 5.32 Å². The summed E-state index contributed by atoms with van der Waals surface area (Å²) in [5.74, 6) is -1.27. The number of hydrogen-bond donors (Lipinski definition) is 1. The first kappa shape index (κ1) is 17.3. The van der Waals surface area contributed by atoms with E-state index >= 15 is 0 Å². The van der Waals surface area contributed by atoms with Crippen LogP contribution in [0.25, 0.3) is 0 Å². The highest BCUT2D eigenvalue weighted by atomic mass is 35.5. The number of rotatable bonds is 2. The number of hydrogen-bond acceptors (Lipinski definition) is 3. The maximum atomic E-state index is 12.4. The molecule has 0 radical (unpaired) electrons. The summed E-state index contributed by atoms with van der Waals surface area (Å²) in [4.78, 5) is 39.3. The average molecular weight is 338 g/mol. The maximum absolute atomic E-state index is 12.4. The van der Waals surface area contributed by atoms with Gasteiger partial charge in [-0.05, 0) is 32.0 Å². The molecule has 0 atom stereocenters. The molecule has 0 saturated carbocycles. The topological polar surface area (TPSA) is 69.7 Å². The van der Waals surface area contributed by atoms with Crippen LogP contribution in [0.1, 0.15) is 24.2 Å². The van der Waals surface area contributed by atoms with Crippen molar-refractivity contribution in [2.24, 2.45) is 0 Å².